The second-order valence-electron chi connectivity index (χ2n) is 10.5. The molecule has 0 bridgehead atoms. The molecule has 1 fully saturated rings. The summed E-state index contributed by atoms with van der Waals surface area (Å²) in [6.07, 6.45) is 7.27. The Balaban J connectivity index is 1.25. The Kier molecular flexibility index (Phi) is 7.95. The van der Waals surface area contributed by atoms with Crippen LogP contribution in [0.5, 0.6) is 0 Å². The smallest absolute Gasteiger partial charge is 0.254 e. The molecule has 2 aliphatic heterocycles. The number of benzene rings is 2. The Morgan fingerprint density at radius 3 is 2.72 bits per heavy atom. The second-order valence-corrected chi connectivity index (χ2v) is 10.9. The van der Waals surface area contributed by atoms with Crippen molar-refractivity contribution in [1.82, 2.24) is 20.2 Å². The minimum absolute atomic E-state index is 0.0289. The van der Waals surface area contributed by atoms with Crippen molar-refractivity contribution in [3.05, 3.63) is 82.5 Å². The topological polar surface area (TPSA) is 96.5 Å². The van der Waals surface area contributed by atoms with Gasteiger partial charge in [0, 0.05) is 36.9 Å². The van der Waals surface area contributed by atoms with Crippen molar-refractivity contribution < 1.29 is 14.3 Å². The maximum atomic E-state index is 13.2. The van der Waals surface area contributed by atoms with Crippen LogP contribution in [0.15, 0.2) is 60.8 Å². The molecule has 1 aromatic heterocycles. The number of rotatable bonds is 8. The summed E-state index contributed by atoms with van der Waals surface area (Å²) in [5.74, 6) is 0.0856. The van der Waals surface area contributed by atoms with E-state index in [4.69, 9.17) is 16.3 Å². The quantitative estimate of drug-likeness (QED) is 0.416. The SMILES string of the molecule is CC(C)(C=Cc1ccccc1)NC(=O)CN1Cc2ccc(-c3nc(NC4CCOCC4)ncc3Cl)cc2C1=O. The van der Waals surface area contributed by atoms with Gasteiger partial charge in [-0.1, -0.05) is 66.2 Å². The van der Waals surface area contributed by atoms with Crippen LogP contribution in [0.2, 0.25) is 5.02 Å². The number of nitrogens with zero attached hydrogens (tertiary/aromatic N) is 3. The van der Waals surface area contributed by atoms with Gasteiger partial charge in [0.15, 0.2) is 0 Å². The number of nitrogens with one attached hydrogen (secondary N) is 2. The summed E-state index contributed by atoms with van der Waals surface area (Å²) >= 11 is 6.46. The normalized spacial score (nSPS) is 16.0. The predicted molar refractivity (Wildman–Crippen MR) is 152 cm³/mol. The van der Waals surface area contributed by atoms with Crippen molar-refractivity contribution in [1.29, 1.82) is 0 Å². The minimum Gasteiger partial charge on any atom is -0.381 e. The van der Waals surface area contributed by atoms with Crippen molar-refractivity contribution in [3.63, 3.8) is 0 Å². The molecule has 3 heterocycles. The van der Waals surface area contributed by atoms with E-state index in [0.717, 1.165) is 29.5 Å². The van der Waals surface area contributed by atoms with Crippen LogP contribution in [0.25, 0.3) is 17.3 Å². The number of amides is 2. The molecule has 0 atom stereocenters. The fraction of sp³-hybridized carbons (Fsp3) is 0.333. The van der Waals surface area contributed by atoms with Crippen molar-refractivity contribution in [2.24, 2.45) is 0 Å². The zero-order chi connectivity index (χ0) is 27.4. The van der Waals surface area contributed by atoms with Crippen LogP contribution >= 0.6 is 11.6 Å². The average Bonchev–Trinajstić information content (AvgIpc) is 3.23. The molecule has 2 N–H and O–H groups in total. The predicted octanol–water partition coefficient (Wildman–Crippen LogP) is 4.95. The summed E-state index contributed by atoms with van der Waals surface area (Å²) < 4.78 is 5.42. The molecule has 2 amide bonds. The second kappa shape index (κ2) is 11.6. The van der Waals surface area contributed by atoms with Gasteiger partial charge in [-0.15, -0.1) is 0 Å². The first-order chi connectivity index (χ1) is 18.8. The average molecular weight is 546 g/mol. The van der Waals surface area contributed by atoms with Crippen LogP contribution in [0, 0.1) is 0 Å². The molecule has 39 heavy (non-hydrogen) atoms. The van der Waals surface area contributed by atoms with Crippen LogP contribution in [0.3, 0.4) is 0 Å². The third kappa shape index (κ3) is 6.64. The zero-order valence-electron chi connectivity index (χ0n) is 22.1. The first-order valence-corrected chi connectivity index (χ1v) is 13.5. The highest BCUT2D eigenvalue weighted by Gasteiger charge is 2.30. The minimum atomic E-state index is -0.574. The van der Waals surface area contributed by atoms with E-state index in [1.165, 1.54) is 0 Å². The molecule has 202 valence electrons. The Bertz CT molecular complexity index is 1390. The highest BCUT2D eigenvalue weighted by molar-refractivity contribution is 6.33. The first-order valence-electron chi connectivity index (χ1n) is 13.1. The van der Waals surface area contributed by atoms with E-state index < -0.39 is 5.54 Å². The van der Waals surface area contributed by atoms with Crippen LogP contribution in [-0.2, 0) is 16.1 Å². The molecule has 3 aromatic rings. The van der Waals surface area contributed by atoms with Crippen LogP contribution in [0.4, 0.5) is 5.95 Å². The van der Waals surface area contributed by atoms with Gasteiger partial charge in [-0.2, -0.15) is 0 Å². The maximum absolute atomic E-state index is 13.2. The lowest BCUT2D eigenvalue weighted by Crippen LogP contribution is -2.46. The number of carbonyl (C=O) groups excluding carboxylic acids is 2. The highest BCUT2D eigenvalue weighted by Crippen LogP contribution is 2.31. The van der Waals surface area contributed by atoms with Crippen molar-refractivity contribution in [3.8, 4) is 11.3 Å². The number of anilines is 1. The van der Waals surface area contributed by atoms with Crippen molar-refractivity contribution in [2.45, 2.75) is 44.8 Å². The van der Waals surface area contributed by atoms with Gasteiger partial charge in [-0.25, -0.2) is 9.97 Å². The first kappa shape index (κ1) is 26.8. The van der Waals surface area contributed by atoms with Gasteiger partial charge in [0.25, 0.3) is 5.91 Å². The van der Waals surface area contributed by atoms with E-state index in [1.807, 2.05) is 68.5 Å². The fourth-order valence-corrected chi connectivity index (χ4v) is 4.98. The summed E-state index contributed by atoms with van der Waals surface area (Å²) in [7, 11) is 0. The summed E-state index contributed by atoms with van der Waals surface area (Å²) in [6, 6.07) is 15.7. The Morgan fingerprint density at radius 2 is 1.95 bits per heavy atom. The van der Waals surface area contributed by atoms with Gasteiger partial charge in [0.1, 0.15) is 6.54 Å². The molecule has 0 unspecified atom stereocenters. The number of halogens is 1. The summed E-state index contributed by atoms with van der Waals surface area (Å²) in [5.41, 5.74) is 3.18. The van der Waals surface area contributed by atoms with E-state index in [-0.39, 0.29) is 24.4 Å². The number of ether oxygens (including phenoxy) is 1. The van der Waals surface area contributed by atoms with Crippen LogP contribution < -0.4 is 10.6 Å². The molecule has 2 aliphatic rings. The molecule has 0 saturated carbocycles. The zero-order valence-corrected chi connectivity index (χ0v) is 22.9. The monoisotopic (exact) mass is 545 g/mol. The molecule has 0 radical (unpaired) electrons. The lowest BCUT2D eigenvalue weighted by Gasteiger charge is -2.24. The lowest BCUT2D eigenvalue weighted by molar-refractivity contribution is -0.122. The molecule has 8 nitrogen and oxygen atoms in total. The molecular weight excluding hydrogens is 514 g/mol. The maximum Gasteiger partial charge on any atom is 0.254 e. The van der Waals surface area contributed by atoms with Crippen LogP contribution in [-0.4, -0.2) is 58.0 Å². The Morgan fingerprint density at radius 1 is 1.18 bits per heavy atom. The van der Waals surface area contributed by atoms with Gasteiger partial charge >= 0.3 is 0 Å². The fourth-order valence-electron chi connectivity index (χ4n) is 4.78. The molecule has 0 spiro atoms. The van der Waals surface area contributed by atoms with Crippen molar-refractivity contribution >= 4 is 35.4 Å². The van der Waals surface area contributed by atoms with Gasteiger partial charge in [0.2, 0.25) is 11.9 Å². The number of hydrogen-bond donors (Lipinski definition) is 2. The van der Waals surface area contributed by atoms with Gasteiger partial charge in [-0.3, -0.25) is 9.59 Å². The largest absolute Gasteiger partial charge is 0.381 e. The number of hydrogen-bond acceptors (Lipinski definition) is 6. The number of aromatic nitrogens is 2. The van der Waals surface area contributed by atoms with E-state index in [9.17, 15) is 9.59 Å². The lowest BCUT2D eigenvalue weighted by atomic mass is 10.0. The third-order valence-electron chi connectivity index (χ3n) is 6.85. The molecule has 0 aliphatic carbocycles. The Hall–Kier alpha value is -3.75. The number of fused-ring (bicyclic) bond motifs is 1. The standard InChI is InChI=1S/C30H32ClN5O3/c1-30(2,13-10-20-6-4-3-5-7-20)35-26(37)19-36-18-22-9-8-21(16-24(22)28(36)38)27-25(31)17-32-29(34-27)33-23-11-14-39-15-12-23/h3-10,13,16-17,23H,11-12,14-15,18-19H2,1-2H3,(H,35,37)(H,32,33,34). The third-order valence-corrected chi connectivity index (χ3v) is 7.13. The summed E-state index contributed by atoms with van der Waals surface area (Å²) in [4.78, 5) is 36.6. The summed E-state index contributed by atoms with van der Waals surface area (Å²) in [5, 5.41) is 6.78. The van der Waals surface area contributed by atoms with Crippen LogP contribution in [0.1, 0.15) is 48.2 Å². The molecule has 9 heteroatoms. The molecule has 2 aromatic carbocycles. The summed E-state index contributed by atoms with van der Waals surface area (Å²) in [6.45, 7) is 5.61. The van der Waals surface area contributed by atoms with E-state index in [1.54, 1.807) is 17.2 Å². The highest BCUT2D eigenvalue weighted by atomic mass is 35.5. The van der Waals surface area contributed by atoms with Gasteiger partial charge in [0.05, 0.1) is 22.5 Å². The molecule has 1 saturated heterocycles. The Labute approximate surface area is 233 Å². The van der Waals surface area contributed by atoms with Crippen molar-refractivity contribution in [2.75, 3.05) is 25.1 Å². The van der Waals surface area contributed by atoms with E-state index in [2.05, 4.69) is 20.6 Å². The number of carbonyl (C=O) groups is 2. The molecule has 5 rings (SSSR count). The van der Waals surface area contributed by atoms with E-state index in [0.29, 0.717) is 42.0 Å². The van der Waals surface area contributed by atoms with Gasteiger partial charge in [-0.05, 0) is 43.9 Å². The molecular formula is C30H32ClN5O3. The van der Waals surface area contributed by atoms with Gasteiger partial charge < -0.3 is 20.3 Å². The van der Waals surface area contributed by atoms with E-state index >= 15 is 0 Å².